The van der Waals surface area contributed by atoms with Gasteiger partial charge in [0.05, 0.1) is 18.8 Å². The molecule has 3 aliphatic heterocycles. The molecule has 0 radical (unpaired) electrons. The topological polar surface area (TPSA) is 67.8 Å². The van der Waals surface area contributed by atoms with Crippen LogP contribution in [-0.4, -0.2) is 108 Å². The van der Waals surface area contributed by atoms with Crippen molar-refractivity contribution in [1.29, 1.82) is 0 Å². The Morgan fingerprint density at radius 1 is 1.00 bits per heavy atom. The van der Waals surface area contributed by atoms with E-state index in [1.54, 1.807) is 0 Å². The first-order valence-electron chi connectivity index (χ1n) is 14.0. The molecule has 4 aliphatic rings. The molecular formula is C27H47N7O. The molecule has 8 nitrogen and oxygen atoms in total. The maximum Gasteiger partial charge on any atom is 0.226 e. The lowest BCUT2D eigenvalue weighted by molar-refractivity contribution is -0.123. The van der Waals surface area contributed by atoms with Crippen LogP contribution in [0.25, 0.3) is 0 Å². The van der Waals surface area contributed by atoms with Gasteiger partial charge in [0.15, 0.2) is 0 Å². The maximum absolute atomic E-state index is 12.1. The number of hydrogen-bond donors (Lipinski definition) is 1. The molecule has 0 aromatic carbocycles. The van der Waals surface area contributed by atoms with Crippen LogP contribution >= 0.6 is 0 Å². The molecule has 3 saturated heterocycles. The summed E-state index contributed by atoms with van der Waals surface area (Å²) >= 11 is 0. The number of rotatable bonds is 6. The van der Waals surface area contributed by atoms with Crippen LogP contribution in [0.1, 0.15) is 64.9 Å². The summed E-state index contributed by atoms with van der Waals surface area (Å²) in [5.74, 6) is 1.98. The molecular weight excluding hydrogens is 438 g/mol. The van der Waals surface area contributed by atoms with Crippen molar-refractivity contribution in [2.75, 3.05) is 64.3 Å². The number of anilines is 1. The smallest absolute Gasteiger partial charge is 0.226 e. The normalized spacial score (nSPS) is 30.3. The highest BCUT2D eigenvalue weighted by molar-refractivity contribution is 5.82. The average Bonchev–Trinajstić information content (AvgIpc) is 3.16. The van der Waals surface area contributed by atoms with Gasteiger partial charge < -0.3 is 9.80 Å². The van der Waals surface area contributed by atoms with Crippen LogP contribution < -0.4 is 10.2 Å². The Bertz CT molecular complexity index is 786. The Balaban J connectivity index is 0.00000141. The second-order valence-electron chi connectivity index (χ2n) is 11.0. The number of nitrogens with zero attached hydrogens (tertiary/aromatic N) is 6. The molecule has 196 valence electrons. The highest BCUT2D eigenvalue weighted by atomic mass is 16.1. The Kier molecular flexibility index (Phi) is 9.13. The van der Waals surface area contributed by atoms with Gasteiger partial charge >= 0.3 is 0 Å². The van der Waals surface area contributed by atoms with Crippen LogP contribution in [0, 0.1) is 5.92 Å². The average molecular weight is 486 g/mol. The molecule has 2 atom stereocenters. The summed E-state index contributed by atoms with van der Waals surface area (Å²) in [5, 5.41) is 3.61. The van der Waals surface area contributed by atoms with Gasteiger partial charge in [0.2, 0.25) is 5.95 Å². The van der Waals surface area contributed by atoms with E-state index in [0.29, 0.717) is 36.5 Å². The minimum atomic E-state index is 0.143. The first kappa shape index (κ1) is 26.5. The summed E-state index contributed by atoms with van der Waals surface area (Å²) in [6.07, 6.45) is 9.47. The molecule has 0 amide bonds. The largest absolute Gasteiger partial charge is 0.318 e. The fraction of sp³-hybridized carbons (Fsp3) is 0.815. The molecule has 4 fully saturated rings. The number of carbonyl (C=O) groups excluding carboxylic acids is 1. The quantitative estimate of drug-likeness (QED) is 0.659. The van der Waals surface area contributed by atoms with E-state index in [1.807, 2.05) is 27.7 Å². The molecule has 1 aromatic heterocycles. The lowest BCUT2D eigenvalue weighted by Crippen LogP contribution is -2.55. The van der Waals surface area contributed by atoms with Gasteiger partial charge in [-0.1, -0.05) is 27.7 Å². The Hall–Kier alpha value is -1.61. The lowest BCUT2D eigenvalue weighted by Gasteiger charge is -2.42. The monoisotopic (exact) mass is 485 g/mol. The molecule has 0 spiro atoms. The van der Waals surface area contributed by atoms with E-state index in [4.69, 9.17) is 9.97 Å². The zero-order chi connectivity index (χ0) is 24.9. The molecule has 1 aromatic rings. The maximum atomic E-state index is 12.1. The van der Waals surface area contributed by atoms with Gasteiger partial charge in [0.25, 0.3) is 0 Å². The van der Waals surface area contributed by atoms with Crippen molar-refractivity contribution in [3.05, 3.63) is 18.0 Å². The first-order chi connectivity index (χ1) is 17.0. The highest BCUT2D eigenvalue weighted by Gasteiger charge is 2.40. The standard InChI is InChI=1S/C25H41N7O.C2H6/c1-18(2)23(33)16-30-8-10-31(11-9-30)21-6-4-19(5-7-21)20-12-27-25(28-13-20)32-22-14-26-24(32)17-29(3)15-22;1-2/h12-13,18-19,21-22,24,26H,4-11,14-17H2,1-3H3;1-2H3. The molecule has 1 saturated carbocycles. The minimum Gasteiger partial charge on any atom is -0.318 e. The third kappa shape index (κ3) is 6.21. The van der Waals surface area contributed by atoms with Crippen molar-refractivity contribution >= 4 is 11.7 Å². The third-order valence-electron chi connectivity index (χ3n) is 8.33. The van der Waals surface area contributed by atoms with Crippen molar-refractivity contribution in [1.82, 2.24) is 30.0 Å². The number of carbonyl (C=O) groups is 1. The van der Waals surface area contributed by atoms with Crippen LogP contribution in [0.3, 0.4) is 0 Å². The number of hydrogen-bond acceptors (Lipinski definition) is 8. The van der Waals surface area contributed by atoms with Crippen LogP contribution in [0.15, 0.2) is 12.4 Å². The van der Waals surface area contributed by atoms with Crippen LogP contribution in [0.4, 0.5) is 5.95 Å². The molecule has 1 aliphatic carbocycles. The fourth-order valence-corrected chi connectivity index (χ4v) is 6.20. The predicted octanol–water partition coefficient (Wildman–Crippen LogP) is 2.42. The second-order valence-corrected chi connectivity index (χ2v) is 11.0. The van der Waals surface area contributed by atoms with Crippen LogP contribution in [0.2, 0.25) is 0 Å². The number of piperazine rings is 2. The summed E-state index contributed by atoms with van der Waals surface area (Å²) in [7, 11) is 2.19. The zero-order valence-corrected chi connectivity index (χ0v) is 22.6. The van der Waals surface area contributed by atoms with E-state index < -0.39 is 0 Å². The van der Waals surface area contributed by atoms with Crippen molar-refractivity contribution < 1.29 is 4.79 Å². The van der Waals surface area contributed by atoms with Gasteiger partial charge in [0, 0.05) is 70.2 Å². The number of nitrogens with one attached hydrogen (secondary N) is 1. The van der Waals surface area contributed by atoms with Crippen molar-refractivity contribution in [2.45, 2.75) is 77.5 Å². The minimum absolute atomic E-state index is 0.143. The van der Waals surface area contributed by atoms with Crippen LogP contribution in [0.5, 0.6) is 0 Å². The molecule has 4 heterocycles. The second kappa shape index (κ2) is 12.1. The van der Waals surface area contributed by atoms with Crippen LogP contribution in [-0.2, 0) is 4.79 Å². The van der Waals surface area contributed by atoms with Gasteiger partial charge in [-0.15, -0.1) is 0 Å². The van der Waals surface area contributed by atoms with E-state index in [-0.39, 0.29) is 5.92 Å². The molecule has 2 bridgehead atoms. The molecule has 2 unspecified atom stereocenters. The summed E-state index contributed by atoms with van der Waals surface area (Å²) < 4.78 is 0. The number of Topliss-reactive ketones (excluding diaryl/α,β-unsaturated/α-hetero) is 1. The number of likely N-dealkylation sites (N-methyl/N-ethyl adjacent to an activating group) is 1. The Morgan fingerprint density at radius 3 is 2.26 bits per heavy atom. The molecule has 35 heavy (non-hydrogen) atoms. The lowest BCUT2D eigenvalue weighted by atomic mass is 9.82. The molecule has 5 rings (SSSR count). The van der Waals surface area contributed by atoms with E-state index in [9.17, 15) is 4.79 Å². The fourth-order valence-electron chi connectivity index (χ4n) is 6.20. The van der Waals surface area contributed by atoms with E-state index >= 15 is 0 Å². The highest BCUT2D eigenvalue weighted by Crippen LogP contribution is 2.35. The van der Waals surface area contributed by atoms with Crippen molar-refractivity contribution in [3.8, 4) is 0 Å². The number of ketones is 1. The van der Waals surface area contributed by atoms with Crippen molar-refractivity contribution in [2.24, 2.45) is 5.92 Å². The summed E-state index contributed by atoms with van der Waals surface area (Å²) in [6.45, 7) is 16.0. The summed E-state index contributed by atoms with van der Waals surface area (Å²) in [5.41, 5.74) is 1.31. The zero-order valence-electron chi connectivity index (χ0n) is 22.6. The van der Waals surface area contributed by atoms with E-state index in [2.05, 4.69) is 44.4 Å². The predicted molar refractivity (Wildman–Crippen MR) is 142 cm³/mol. The van der Waals surface area contributed by atoms with E-state index in [1.165, 1.54) is 31.2 Å². The molecule has 1 N–H and O–H groups in total. The Labute approximate surface area is 212 Å². The molecule has 8 heteroatoms. The van der Waals surface area contributed by atoms with Gasteiger partial charge in [-0.2, -0.15) is 0 Å². The van der Waals surface area contributed by atoms with E-state index in [0.717, 1.165) is 51.8 Å². The first-order valence-corrected chi connectivity index (χ1v) is 14.0. The van der Waals surface area contributed by atoms with Crippen molar-refractivity contribution in [3.63, 3.8) is 0 Å². The SMILES string of the molecule is CC.CC(C)C(=O)CN1CCN(C2CCC(c3cnc(N4C5CNC4CN(C)C5)nc3)CC2)CC1. The van der Waals surface area contributed by atoms with Gasteiger partial charge in [-0.25, -0.2) is 9.97 Å². The van der Waals surface area contributed by atoms with Gasteiger partial charge in [-0.3, -0.25) is 19.9 Å². The Morgan fingerprint density at radius 2 is 1.66 bits per heavy atom. The van der Waals surface area contributed by atoms with Gasteiger partial charge in [-0.05, 0) is 44.2 Å². The number of fused-ring (bicyclic) bond motifs is 2. The van der Waals surface area contributed by atoms with Gasteiger partial charge in [0.1, 0.15) is 5.78 Å². The summed E-state index contributed by atoms with van der Waals surface area (Å²) in [4.78, 5) is 31.5. The summed E-state index contributed by atoms with van der Waals surface area (Å²) in [6, 6.07) is 1.16. The third-order valence-corrected chi connectivity index (χ3v) is 8.33. The number of aromatic nitrogens is 2.